The first-order chi connectivity index (χ1) is 10.7. The molecule has 1 aromatic heterocycles. The maximum absolute atomic E-state index is 12.5. The average Bonchev–Trinajstić information content (AvgIpc) is 2.94. The lowest BCUT2D eigenvalue weighted by molar-refractivity contribution is 0.0938. The number of nitrogens with one attached hydrogen (secondary N) is 1. The summed E-state index contributed by atoms with van der Waals surface area (Å²) < 4.78 is 1.92. The number of fused-ring (bicyclic) bond motifs is 1. The summed E-state index contributed by atoms with van der Waals surface area (Å²) in [7, 11) is 0. The fourth-order valence-corrected chi connectivity index (χ4v) is 3.36. The molecule has 5 nitrogen and oxygen atoms in total. The van der Waals surface area contributed by atoms with Crippen molar-refractivity contribution < 1.29 is 9.90 Å². The van der Waals surface area contributed by atoms with E-state index >= 15 is 0 Å². The van der Waals surface area contributed by atoms with Gasteiger partial charge >= 0.3 is 0 Å². The Morgan fingerprint density at radius 3 is 2.73 bits per heavy atom. The summed E-state index contributed by atoms with van der Waals surface area (Å²) in [5, 5.41) is 17.8. The van der Waals surface area contributed by atoms with Crippen LogP contribution in [0.15, 0.2) is 24.3 Å². The minimum absolute atomic E-state index is 0.0551. The van der Waals surface area contributed by atoms with E-state index < -0.39 is 0 Å². The molecule has 1 aliphatic carbocycles. The van der Waals surface area contributed by atoms with Crippen LogP contribution in [0.25, 0.3) is 10.9 Å². The first kappa shape index (κ1) is 15.0. The van der Waals surface area contributed by atoms with Crippen molar-refractivity contribution in [2.24, 2.45) is 5.92 Å². The van der Waals surface area contributed by atoms with Crippen LogP contribution in [0.3, 0.4) is 0 Å². The summed E-state index contributed by atoms with van der Waals surface area (Å²) in [6.45, 7) is 2.79. The van der Waals surface area contributed by atoms with E-state index in [0.29, 0.717) is 18.2 Å². The summed E-state index contributed by atoms with van der Waals surface area (Å²) >= 11 is 0. The molecule has 0 spiro atoms. The quantitative estimate of drug-likeness (QED) is 0.912. The zero-order chi connectivity index (χ0) is 15.5. The molecule has 3 rings (SSSR count). The molecule has 1 heterocycles. The zero-order valence-corrected chi connectivity index (χ0v) is 13.0. The molecule has 0 saturated heterocycles. The number of rotatable bonds is 4. The van der Waals surface area contributed by atoms with Crippen molar-refractivity contribution >= 4 is 16.8 Å². The van der Waals surface area contributed by atoms with Gasteiger partial charge in [-0.3, -0.25) is 9.48 Å². The number of benzene rings is 1. The highest BCUT2D eigenvalue weighted by atomic mass is 16.3. The highest BCUT2D eigenvalue weighted by molar-refractivity contribution is 6.05. The van der Waals surface area contributed by atoms with E-state index in [9.17, 15) is 9.90 Å². The SMILES string of the molecule is CCNC(=O)c1c2ccccc2nn1C1CCC(CO)CC1. The van der Waals surface area contributed by atoms with Crippen LogP contribution in [0.1, 0.15) is 49.1 Å². The van der Waals surface area contributed by atoms with Crippen LogP contribution in [0.4, 0.5) is 0 Å². The lowest BCUT2D eigenvalue weighted by Gasteiger charge is -2.28. The molecule has 1 aromatic carbocycles. The summed E-state index contributed by atoms with van der Waals surface area (Å²) in [5.41, 5.74) is 1.54. The number of hydrogen-bond donors (Lipinski definition) is 2. The minimum atomic E-state index is -0.0551. The molecule has 0 bridgehead atoms. The Bertz CT molecular complexity index is 657. The van der Waals surface area contributed by atoms with Crippen molar-refractivity contribution in [3.8, 4) is 0 Å². The van der Waals surface area contributed by atoms with Gasteiger partial charge in [-0.05, 0) is 44.6 Å². The van der Waals surface area contributed by atoms with Gasteiger partial charge in [0.2, 0.25) is 0 Å². The van der Waals surface area contributed by atoms with Crippen LogP contribution in [0.5, 0.6) is 0 Å². The van der Waals surface area contributed by atoms with Gasteiger partial charge in [0.25, 0.3) is 5.91 Å². The van der Waals surface area contributed by atoms with Crippen LogP contribution in [0, 0.1) is 5.92 Å². The number of carbonyl (C=O) groups is 1. The van der Waals surface area contributed by atoms with E-state index in [1.807, 2.05) is 35.9 Å². The predicted molar refractivity (Wildman–Crippen MR) is 85.8 cm³/mol. The number of nitrogens with zero attached hydrogens (tertiary/aromatic N) is 2. The van der Waals surface area contributed by atoms with Crippen molar-refractivity contribution in [1.29, 1.82) is 0 Å². The van der Waals surface area contributed by atoms with E-state index in [-0.39, 0.29) is 18.6 Å². The van der Waals surface area contributed by atoms with Gasteiger partial charge in [0.1, 0.15) is 5.69 Å². The Morgan fingerprint density at radius 1 is 1.32 bits per heavy atom. The number of aliphatic hydroxyl groups excluding tert-OH is 1. The molecule has 0 radical (unpaired) electrons. The monoisotopic (exact) mass is 301 g/mol. The molecule has 5 heteroatoms. The summed E-state index contributed by atoms with van der Waals surface area (Å²) in [6, 6.07) is 8.05. The maximum Gasteiger partial charge on any atom is 0.270 e. The second kappa shape index (κ2) is 6.48. The third kappa shape index (κ3) is 2.73. The Labute approximate surface area is 130 Å². The van der Waals surface area contributed by atoms with Gasteiger partial charge in [-0.2, -0.15) is 5.10 Å². The van der Waals surface area contributed by atoms with Crippen LogP contribution in [0.2, 0.25) is 0 Å². The first-order valence-corrected chi connectivity index (χ1v) is 8.11. The Morgan fingerprint density at radius 2 is 2.05 bits per heavy atom. The maximum atomic E-state index is 12.5. The zero-order valence-electron chi connectivity index (χ0n) is 13.0. The van der Waals surface area contributed by atoms with Crippen LogP contribution < -0.4 is 5.32 Å². The van der Waals surface area contributed by atoms with Gasteiger partial charge in [-0.15, -0.1) is 0 Å². The summed E-state index contributed by atoms with van der Waals surface area (Å²) in [5.74, 6) is 0.342. The molecule has 2 N–H and O–H groups in total. The fraction of sp³-hybridized carbons (Fsp3) is 0.529. The molecule has 0 atom stereocenters. The molecular weight excluding hydrogens is 278 g/mol. The van der Waals surface area contributed by atoms with Crippen molar-refractivity contribution in [2.75, 3.05) is 13.2 Å². The van der Waals surface area contributed by atoms with Crippen LogP contribution in [-0.2, 0) is 0 Å². The Kier molecular flexibility index (Phi) is 4.43. The first-order valence-electron chi connectivity index (χ1n) is 8.11. The molecule has 1 aliphatic rings. The number of aromatic nitrogens is 2. The van der Waals surface area contributed by atoms with Gasteiger partial charge in [-0.1, -0.05) is 18.2 Å². The summed E-state index contributed by atoms with van der Waals surface area (Å²) in [6.07, 6.45) is 3.91. The standard InChI is InChI=1S/C17H23N3O2/c1-2-18-17(22)16-14-5-3-4-6-15(14)19-20(16)13-9-7-12(11-21)8-10-13/h3-6,12-13,21H,2,7-11H2,1H3,(H,18,22). The van der Waals surface area contributed by atoms with Gasteiger partial charge in [0, 0.05) is 18.5 Å². The molecule has 0 aliphatic heterocycles. The van der Waals surface area contributed by atoms with Gasteiger partial charge in [0.15, 0.2) is 0 Å². The topological polar surface area (TPSA) is 67.2 Å². The molecular formula is C17H23N3O2. The van der Waals surface area contributed by atoms with E-state index in [4.69, 9.17) is 0 Å². The predicted octanol–water partition coefficient (Wildman–Crippen LogP) is 2.51. The highest BCUT2D eigenvalue weighted by Crippen LogP contribution is 2.34. The van der Waals surface area contributed by atoms with E-state index in [1.165, 1.54) is 0 Å². The van der Waals surface area contributed by atoms with Crippen molar-refractivity contribution in [3.05, 3.63) is 30.0 Å². The van der Waals surface area contributed by atoms with Crippen LogP contribution in [-0.4, -0.2) is 33.9 Å². The van der Waals surface area contributed by atoms with Crippen molar-refractivity contribution in [3.63, 3.8) is 0 Å². The number of aliphatic hydroxyl groups is 1. The normalized spacial score (nSPS) is 21.9. The Hall–Kier alpha value is -1.88. The van der Waals surface area contributed by atoms with Crippen LogP contribution >= 0.6 is 0 Å². The largest absolute Gasteiger partial charge is 0.396 e. The third-order valence-corrected chi connectivity index (χ3v) is 4.58. The number of carbonyl (C=O) groups excluding carboxylic acids is 1. The van der Waals surface area contributed by atoms with E-state index in [2.05, 4.69) is 10.4 Å². The Balaban J connectivity index is 1.98. The molecule has 0 unspecified atom stereocenters. The lowest BCUT2D eigenvalue weighted by Crippen LogP contribution is -2.29. The third-order valence-electron chi connectivity index (χ3n) is 4.58. The fourth-order valence-electron chi connectivity index (χ4n) is 3.36. The minimum Gasteiger partial charge on any atom is -0.396 e. The van der Waals surface area contributed by atoms with Gasteiger partial charge in [-0.25, -0.2) is 0 Å². The second-order valence-corrected chi connectivity index (χ2v) is 6.03. The van der Waals surface area contributed by atoms with Crippen molar-refractivity contribution in [2.45, 2.75) is 38.6 Å². The summed E-state index contributed by atoms with van der Waals surface area (Å²) in [4.78, 5) is 12.5. The molecule has 1 fully saturated rings. The molecule has 1 amide bonds. The molecule has 22 heavy (non-hydrogen) atoms. The van der Waals surface area contributed by atoms with E-state index in [1.54, 1.807) is 0 Å². The highest BCUT2D eigenvalue weighted by Gasteiger charge is 2.27. The smallest absolute Gasteiger partial charge is 0.270 e. The lowest BCUT2D eigenvalue weighted by atomic mass is 9.86. The average molecular weight is 301 g/mol. The number of hydrogen-bond acceptors (Lipinski definition) is 3. The van der Waals surface area contributed by atoms with E-state index in [0.717, 1.165) is 36.6 Å². The molecule has 118 valence electrons. The van der Waals surface area contributed by atoms with Gasteiger partial charge in [0.05, 0.1) is 11.6 Å². The number of amides is 1. The van der Waals surface area contributed by atoms with Gasteiger partial charge < -0.3 is 10.4 Å². The van der Waals surface area contributed by atoms with Crippen molar-refractivity contribution in [1.82, 2.24) is 15.1 Å². The molecule has 1 saturated carbocycles. The molecule has 2 aromatic rings. The second-order valence-electron chi connectivity index (χ2n) is 6.03.